The Hall–Kier alpha value is -3.41. The van der Waals surface area contributed by atoms with E-state index in [0.29, 0.717) is 35.2 Å². The third-order valence-electron chi connectivity index (χ3n) is 8.89. The van der Waals surface area contributed by atoms with Crippen molar-refractivity contribution in [2.75, 3.05) is 60.5 Å². The van der Waals surface area contributed by atoms with Crippen LogP contribution in [0.3, 0.4) is 0 Å². The highest BCUT2D eigenvalue weighted by molar-refractivity contribution is 5.95. The fourth-order valence-electron chi connectivity index (χ4n) is 7.14. The van der Waals surface area contributed by atoms with Crippen LogP contribution in [0.15, 0.2) is 42.7 Å². The lowest BCUT2D eigenvalue weighted by molar-refractivity contribution is 0.108. The zero-order chi connectivity index (χ0) is 26.0. The monoisotopic (exact) mass is 495 g/mol. The van der Waals surface area contributed by atoms with Gasteiger partial charge in [0.05, 0.1) is 24.3 Å². The fraction of sp³-hybridized carbons (Fsp3) is 0.483. The first-order chi connectivity index (χ1) is 18.5. The van der Waals surface area contributed by atoms with E-state index in [-0.39, 0.29) is 6.17 Å². The van der Waals surface area contributed by atoms with Crippen molar-refractivity contribution in [3.8, 4) is 6.07 Å². The van der Waals surface area contributed by atoms with Gasteiger partial charge in [-0.15, -0.1) is 0 Å². The van der Waals surface area contributed by atoms with Crippen molar-refractivity contribution in [1.29, 1.82) is 5.26 Å². The first kappa shape index (κ1) is 21.7. The molecule has 7 rings (SSSR count). The Bertz CT molecular complexity index is 1440. The molecule has 0 amide bonds. The van der Waals surface area contributed by atoms with Crippen LogP contribution in [0.4, 0.5) is 17.2 Å². The second-order valence-electron chi connectivity index (χ2n) is 11.2. The normalized spacial score (nSPS) is 27.9. The minimum absolute atomic E-state index is 0.190. The van der Waals surface area contributed by atoms with Crippen molar-refractivity contribution >= 4 is 28.1 Å². The molecule has 190 valence electrons. The molecule has 0 radical (unpaired) electrons. The molecule has 0 aliphatic carbocycles. The van der Waals surface area contributed by atoms with Crippen LogP contribution in [0.25, 0.3) is 10.9 Å². The number of hydrogen-bond acceptors (Lipinski definition) is 8. The van der Waals surface area contributed by atoms with Crippen molar-refractivity contribution in [1.82, 2.24) is 20.2 Å². The van der Waals surface area contributed by atoms with Gasteiger partial charge >= 0.3 is 0 Å². The van der Waals surface area contributed by atoms with Gasteiger partial charge in [0.25, 0.3) is 0 Å². The largest absolute Gasteiger partial charge is 0.368 e. The first-order valence-electron chi connectivity index (χ1n) is 14.0. The molecule has 4 saturated heterocycles. The Morgan fingerprint density at radius 1 is 1.08 bits per heavy atom. The van der Waals surface area contributed by atoms with Gasteiger partial charge in [0, 0.05) is 87.2 Å². The van der Waals surface area contributed by atoms with E-state index >= 15 is 0 Å². The van der Waals surface area contributed by atoms with E-state index in [1.807, 2.05) is 12.1 Å². The zero-order valence-corrected chi connectivity index (χ0v) is 21.6. The van der Waals surface area contributed by atoms with E-state index in [4.69, 9.17) is 6.35 Å². The van der Waals surface area contributed by atoms with Crippen LogP contribution in [-0.2, 0) is 0 Å². The van der Waals surface area contributed by atoms with Crippen molar-refractivity contribution < 1.29 is 1.37 Å². The Morgan fingerprint density at radius 3 is 2.76 bits per heavy atom. The van der Waals surface area contributed by atoms with Gasteiger partial charge in [-0.05, 0) is 56.2 Å². The number of piperazine rings is 3. The molecule has 0 spiro atoms. The number of nitriles is 1. The Labute approximate surface area is 219 Å². The predicted molar refractivity (Wildman–Crippen MR) is 147 cm³/mol. The Kier molecular flexibility index (Phi) is 5.18. The van der Waals surface area contributed by atoms with Crippen LogP contribution in [0.1, 0.15) is 25.8 Å². The maximum absolute atomic E-state index is 9.60. The van der Waals surface area contributed by atoms with Crippen LogP contribution < -0.4 is 20.0 Å². The minimum Gasteiger partial charge on any atom is -0.368 e. The first-order valence-corrected chi connectivity index (χ1v) is 13.5. The summed E-state index contributed by atoms with van der Waals surface area (Å²) in [6.45, 7) is 11.5. The molecule has 1 aromatic carbocycles. The summed E-state index contributed by atoms with van der Waals surface area (Å²) in [6, 6.07) is 14.2. The molecule has 4 atom stereocenters. The van der Waals surface area contributed by atoms with Gasteiger partial charge in [0.2, 0.25) is 0 Å². The number of nitrogens with one attached hydrogen (secondary N) is 1. The van der Waals surface area contributed by atoms with Crippen molar-refractivity contribution in [2.45, 2.75) is 44.4 Å². The lowest BCUT2D eigenvalue weighted by Crippen LogP contribution is -2.65. The highest BCUT2D eigenvalue weighted by Gasteiger charge is 2.39. The van der Waals surface area contributed by atoms with Crippen LogP contribution in [0, 0.1) is 18.3 Å². The third kappa shape index (κ3) is 3.80. The summed E-state index contributed by atoms with van der Waals surface area (Å²) in [5.41, 5.74) is 4.76. The Balaban J connectivity index is 1.13. The van der Waals surface area contributed by atoms with Gasteiger partial charge in [-0.2, -0.15) is 5.26 Å². The number of aromatic nitrogens is 2. The van der Waals surface area contributed by atoms with Crippen LogP contribution in [-0.4, -0.2) is 84.8 Å². The Morgan fingerprint density at radius 2 is 1.97 bits per heavy atom. The lowest BCUT2D eigenvalue weighted by Gasteiger charge is -2.51. The summed E-state index contributed by atoms with van der Waals surface area (Å²) in [7, 11) is 0. The number of fused-ring (bicyclic) bond motifs is 4. The predicted octanol–water partition coefficient (Wildman–Crippen LogP) is 2.76. The molecule has 4 fully saturated rings. The van der Waals surface area contributed by atoms with Crippen molar-refractivity contribution in [3.63, 3.8) is 0 Å². The number of anilines is 3. The second-order valence-corrected chi connectivity index (χ2v) is 11.2. The van der Waals surface area contributed by atoms with Crippen molar-refractivity contribution in [2.24, 2.45) is 0 Å². The third-order valence-corrected chi connectivity index (χ3v) is 8.89. The van der Waals surface area contributed by atoms with Gasteiger partial charge in [0.15, 0.2) is 0 Å². The van der Waals surface area contributed by atoms with E-state index in [1.54, 1.807) is 6.07 Å². The molecule has 37 heavy (non-hydrogen) atoms. The molecule has 4 aliphatic rings. The van der Waals surface area contributed by atoms with Gasteiger partial charge in [-0.25, -0.2) is 4.98 Å². The molecule has 1 N–H and O–H groups in total. The smallest absolute Gasteiger partial charge is 0.131 e. The molecule has 0 saturated carbocycles. The molecule has 2 bridgehead atoms. The SMILES string of the molecule is [2H]c1ccc2c(N3C[C@@H]4CN(c5ncc(N6C[C@@H]7C[C@H]6CN7)cc5C)CCN4[C@H](C)C3)ccc(C#N)c2n1. The van der Waals surface area contributed by atoms with E-state index in [2.05, 4.69) is 68.1 Å². The average molecular weight is 496 g/mol. The zero-order valence-electron chi connectivity index (χ0n) is 22.6. The molecule has 3 aromatic rings. The molecule has 6 heterocycles. The van der Waals surface area contributed by atoms with Gasteiger partial charge in [0.1, 0.15) is 11.9 Å². The molecule has 4 aliphatic heterocycles. The fourth-order valence-corrected chi connectivity index (χ4v) is 7.14. The maximum atomic E-state index is 9.60. The molecular weight excluding hydrogens is 460 g/mol. The number of benzene rings is 1. The van der Waals surface area contributed by atoms with E-state index in [0.717, 1.165) is 62.7 Å². The number of pyridine rings is 2. The van der Waals surface area contributed by atoms with Crippen molar-refractivity contribution in [3.05, 3.63) is 53.8 Å². The maximum Gasteiger partial charge on any atom is 0.131 e. The number of hydrogen-bond donors (Lipinski definition) is 1. The molecule has 2 aromatic heterocycles. The van der Waals surface area contributed by atoms with E-state index < -0.39 is 0 Å². The van der Waals surface area contributed by atoms with E-state index in [1.165, 1.54) is 17.7 Å². The second kappa shape index (κ2) is 8.86. The summed E-state index contributed by atoms with van der Waals surface area (Å²) in [4.78, 5) is 19.5. The average Bonchev–Trinajstić information content (AvgIpc) is 3.56. The number of nitrogens with zero attached hydrogens (tertiary/aromatic N) is 7. The van der Waals surface area contributed by atoms with E-state index in [9.17, 15) is 5.26 Å². The van der Waals surface area contributed by atoms with Gasteiger partial charge in [-0.3, -0.25) is 9.88 Å². The summed E-state index contributed by atoms with van der Waals surface area (Å²) in [5, 5.41) is 14.1. The van der Waals surface area contributed by atoms with Crippen LogP contribution in [0.5, 0.6) is 0 Å². The van der Waals surface area contributed by atoms with Crippen LogP contribution in [0.2, 0.25) is 0 Å². The molecule has 8 heteroatoms. The highest BCUT2D eigenvalue weighted by atomic mass is 15.4. The summed E-state index contributed by atoms with van der Waals surface area (Å²) >= 11 is 0. The topological polar surface area (TPSA) is 74.6 Å². The van der Waals surface area contributed by atoms with Gasteiger partial charge in [-0.1, -0.05) is 0 Å². The summed E-state index contributed by atoms with van der Waals surface area (Å²) < 4.78 is 7.96. The molecular formula is C29H34N8. The van der Waals surface area contributed by atoms with Gasteiger partial charge < -0.3 is 20.0 Å². The minimum atomic E-state index is 0.190. The quantitative estimate of drug-likeness (QED) is 0.595. The summed E-state index contributed by atoms with van der Waals surface area (Å²) in [5.74, 6) is 1.11. The molecule has 8 nitrogen and oxygen atoms in total. The standard InChI is InChI=1S/C29H34N8/c1-19-10-23(37-16-22-11-24(37)13-32-22)14-33-29(19)34-8-9-36-20(2)15-35(18-25(36)17-34)27-6-5-21(12-30)28-26(27)4-3-7-31-28/h3-7,10,14,20,22,24-25,32H,8-9,11,13,15-18H2,1-2H3/t20-,22+,24+,25+/m1/s1/i7D. The lowest BCUT2D eigenvalue weighted by atomic mass is 10.0. The number of aryl methyl sites for hydroxylation is 1. The van der Waals surface area contributed by atoms with Crippen LogP contribution >= 0.6 is 0 Å². The molecule has 0 unspecified atom stereocenters. The number of rotatable bonds is 3. The summed E-state index contributed by atoms with van der Waals surface area (Å²) in [6.07, 6.45) is 3.52. The highest BCUT2D eigenvalue weighted by Crippen LogP contribution is 2.34.